The van der Waals surface area contributed by atoms with Gasteiger partial charge in [-0.3, -0.25) is 0 Å². The van der Waals surface area contributed by atoms with E-state index in [0.717, 1.165) is 32.4 Å². The summed E-state index contributed by atoms with van der Waals surface area (Å²) in [6, 6.07) is 10.0. The van der Waals surface area contributed by atoms with Gasteiger partial charge in [0.2, 0.25) is 10.0 Å². The highest BCUT2D eigenvalue weighted by Crippen LogP contribution is 2.16. The fraction of sp³-hybridized carbons (Fsp3) is 0.600. The lowest BCUT2D eigenvalue weighted by atomic mass is 10.0. The molecule has 1 aromatic rings. The zero-order valence-electron chi connectivity index (χ0n) is 12.1. The number of nitrogens with one attached hydrogen (secondary N) is 1. The van der Waals surface area contributed by atoms with Gasteiger partial charge in [0.05, 0.1) is 5.75 Å². The van der Waals surface area contributed by atoms with Crippen molar-refractivity contribution in [2.45, 2.75) is 19.3 Å². The SMILES string of the molecule is CN(CCc1ccccc1)S(=O)(=O)CC1CCNCC1. The molecule has 0 aromatic heterocycles. The first-order valence-electron chi connectivity index (χ1n) is 7.26. The third-order valence-electron chi connectivity index (χ3n) is 3.94. The molecule has 0 saturated carbocycles. The van der Waals surface area contributed by atoms with Crippen LogP contribution in [0.4, 0.5) is 0 Å². The van der Waals surface area contributed by atoms with Gasteiger partial charge in [-0.15, -0.1) is 0 Å². The fourth-order valence-electron chi connectivity index (χ4n) is 2.54. The van der Waals surface area contributed by atoms with E-state index in [2.05, 4.69) is 5.32 Å². The molecule has 0 atom stereocenters. The van der Waals surface area contributed by atoms with Crippen LogP contribution in [0.3, 0.4) is 0 Å². The molecule has 2 rings (SSSR count). The second-order valence-electron chi connectivity index (χ2n) is 5.53. The third-order valence-corrected chi connectivity index (χ3v) is 5.96. The molecule has 1 aliphatic rings. The van der Waals surface area contributed by atoms with E-state index < -0.39 is 10.0 Å². The zero-order valence-corrected chi connectivity index (χ0v) is 12.9. The van der Waals surface area contributed by atoms with Gasteiger partial charge in [-0.1, -0.05) is 30.3 Å². The van der Waals surface area contributed by atoms with E-state index in [1.54, 1.807) is 7.05 Å². The highest BCUT2D eigenvalue weighted by atomic mass is 32.2. The van der Waals surface area contributed by atoms with E-state index in [-0.39, 0.29) is 0 Å². The minimum Gasteiger partial charge on any atom is -0.317 e. The topological polar surface area (TPSA) is 49.4 Å². The first-order chi connectivity index (χ1) is 9.58. The molecule has 1 N–H and O–H groups in total. The molecule has 0 unspecified atom stereocenters. The molecular weight excluding hydrogens is 272 g/mol. The second-order valence-corrected chi connectivity index (χ2v) is 7.65. The molecule has 1 fully saturated rings. The molecule has 0 aliphatic carbocycles. The number of rotatable bonds is 6. The number of piperidine rings is 1. The van der Waals surface area contributed by atoms with Crippen LogP contribution >= 0.6 is 0 Å². The standard InChI is InChI=1S/C15H24N2O2S/c1-17(12-9-14-5-3-2-4-6-14)20(18,19)13-15-7-10-16-11-8-15/h2-6,15-16H,7-13H2,1H3. The Morgan fingerprint density at radius 3 is 2.50 bits per heavy atom. The Labute approximate surface area is 122 Å². The lowest BCUT2D eigenvalue weighted by Gasteiger charge is -2.25. The van der Waals surface area contributed by atoms with Gasteiger partial charge < -0.3 is 5.32 Å². The van der Waals surface area contributed by atoms with Crippen LogP contribution < -0.4 is 5.32 Å². The van der Waals surface area contributed by atoms with E-state index in [4.69, 9.17) is 0 Å². The van der Waals surface area contributed by atoms with Crippen LogP contribution in [0.1, 0.15) is 18.4 Å². The Morgan fingerprint density at radius 2 is 1.85 bits per heavy atom. The summed E-state index contributed by atoms with van der Waals surface area (Å²) in [6.45, 7) is 2.43. The maximum Gasteiger partial charge on any atom is 0.214 e. The summed E-state index contributed by atoms with van der Waals surface area (Å²) < 4.78 is 26.2. The first-order valence-corrected chi connectivity index (χ1v) is 8.87. The van der Waals surface area contributed by atoms with Crippen LogP contribution in [-0.2, 0) is 16.4 Å². The van der Waals surface area contributed by atoms with Gasteiger partial charge in [0.15, 0.2) is 0 Å². The maximum absolute atomic E-state index is 12.3. The zero-order chi connectivity index (χ0) is 14.4. The molecule has 1 heterocycles. The average molecular weight is 296 g/mol. The highest BCUT2D eigenvalue weighted by Gasteiger charge is 2.24. The summed E-state index contributed by atoms with van der Waals surface area (Å²) in [4.78, 5) is 0. The Morgan fingerprint density at radius 1 is 1.20 bits per heavy atom. The lowest BCUT2D eigenvalue weighted by Crippen LogP contribution is -2.37. The van der Waals surface area contributed by atoms with Gasteiger partial charge in [0.25, 0.3) is 0 Å². The average Bonchev–Trinajstić information content (AvgIpc) is 2.46. The van der Waals surface area contributed by atoms with Gasteiger partial charge in [-0.25, -0.2) is 12.7 Å². The van der Waals surface area contributed by atoms with Gasteiger partial charge in [-0.2, -0.15) is 0 Å². The summed E-state index contributed by atoms with van der Waals surface area (Å²) >= 11 is 0. The van der Waals surface area contributed by atoms with Crippen molar-refractivity contribution in [1.82, 2.24) is 9.62 Å². The predicted octanol–water partition coefficient (Wildman–Crippen LogP) is 1.49. The summed E-state index contributed by atoms with van der Waals surface area (Å²) in [6.07, 6.45) is 2.69. The Hall–Kier alpha value is -0.910. The van der Waals surface area contributed by atoms with Crippen LogP contribution in [0.15, 0.2) is 30.3 Å². The van der Waals surface area contributed by atoms with Crippen molar-refractivity contribution in [2.24, 2.45) is 5.92 Å². The minimum absolute atomic E-state index is 0.292. The van der Waals surface area contributed by atoms with Crippen molar-refractivity contribution in [3.8, 4) is 0 Å². The number of nitrogens with zero attached hydrogens (tertiary/aromatic N) is 1. The number of hydrogen-bond donors (Lipinski definition) is 1. The van der Waals surface area contributed by atoms with Gasteiger partial charge >= 0.3 is 0 Å². The van der Waals surface area contributed by atoms with E-state index in [0.29, 0.717) is 18.2 Å². The predicted molar refractivity (Wildman–Crippen MR) is 82.2 cm³/mol. The van der Waals surface area contributed by atoms with Crippen molar-refractivity contribution < 1.29 is 8.42 Å². The molecule has 1 aromatic carbocycles. The van der Waals surface area contributed by atoms with Crippen LogP contribution in [0.2, 0.25) is 0 Å². The molecule has 5 heteroatoms. The van der Waals surface area contributed by atoms with E-state index >= 15 is 0 Å². The van der Waals surface area contributed by atoms with Crippen molar-refractivity contribution >= 4 is 10.0 Å². The smallest absolute Gasteiger partial charge is 0.214 e. The van der Waals surface area contributed by atoms with Crippen molar-refractivity contribution in [2.75, 3.05) is 32.4 Å². The maximum atomic E-state index is 12.3. The molecule has 0 amide bonds. The second kappa shape index (κ2) is 7.20. The molecule has 1 saturated heterocycles. The minimum atomic E-state index is -3.12. The third kappa shape index (κ3) is 4.58. The molecule has 1 aliphatic heterocycles. The molecule has 20 heavy (non-hydrogen) atoms. The summed E-state index contributed by atoms with van der Waals surface area (Å²) in [5.41, 5.74) is 1.18. The van der Waals surface area contributed by atoms with Crippen LogP contribution in [0, 0.1) is 5.92 Å². The number of sulfonamides is 1. The molecule has 0 bridgehead atoms. The normalized spacial score (nSPS) is 17.5. The Bertz CT molecular complexity index is 496. The summed E-state index contributed by atoms with van der Waals surface area (Å²) in [5.74, 6) is 0.598. The van der Waals surface area contributed by atoms with Crippen LogP contribution in [0.25, 0.3) is 0 Å². The highest BCUT2D eigenvalue weighted by molar-refractivity contribution is 7.89. The molecule has 4 nitrogen and oxygen atoms in total. The molecule has 0 radical (unpaired) electrons. The van der Waals surface area contributed by atoms with Gasteiger partial charge in [0, 0.05) is 13.6 Å². The summed E-state index contributed by atoms with van der Waals surface area (Å²) in [5, 5.41) is 3.27. The Balaban J connectivity index is 1.85. The van der Waals surface area contributed by atoms with Gasteiger partial charge in [-0.05, 0) is 43.8 Å². The molecule has 112 valence electrons. The van der Waals surface area contributed by atoms with Gasteiger partial charge in [0.1, 0.15) is 0 Å². The number of likely N-dealkylation sites (N-methyl/N-ethyl adjacent to an activating group) is 1. The number of benzene rings is 1. The monoisotopic (exact) mass is 296 g/mol. The van der Waals surface area contributed by atoms with Crippen molar-refractivity contribution in [3.05, 3.63) is 35.9 Å². The van der Waals surface area contributed by atoms with Crippen LogP contribution in [-0.4, -0.2) is 45.2 Å². The molecular formula is C15H24N2O2S. The van der Waals surface area contributed by atoms with E-state index in [9.17, 15) is 8.42 Å². The van der Waals surface area contributed by atoms with Crippen molar-refractivity contribution in [1.29, 1.82) is 0 Å². The largest absolute Gasteiger partial charge is 0.317 e. The summed E-state index contributed by atoms with van der Waals surface area (Å²) in [7, 11) is -1.43. The van der Waals surface area contributed by atoms with Crippen LogP contribution in [0.5, 0.6) is 0 Å². The van der Waals surface area contributed by atoms with E-state index in [1.165, 1.54) is 9.87 Å². The number of hydrogen-bond acceptors (Lipinski definition) is 3. The first kappa shape index (κ1) is 15.5. The van der Waals surface area contributed by atoms with E-state index in [1.807, 2.05) is 30.3 Å². The molecule has 0 spiro atoms. The lowest BCUT2D eigenvalue weighted by molar-refractivity contribution is 0.389. The fourth-order valence-corrected chi connectivity index (χ4v) is 4.10. The van der Waals surface area contributed by atoms with Crippen molar-refractivity contribution in [3.63, 3.8) is 0 Å². The quantitative estimate of drug-likeness (QED) is 0.865. The Kier molecular flexibility index (Phi) is 5.57.